The maximum atomic E-state index is 13.4. The van der Waals surface area contributed by atoms with E-state index < -0.39 is 34.1 Å². The van der Waals surface area contributed by atoms with Crippen LogP contribution in [0.1, 0.15) is 0 Å². The van der Waals surface area contributed by atoms with E-state index in [1.54, 1.807) is 30.3 Å². The second kappa shape index (κ2) is 8.91. The van der Waals surface area contributed by atoms with Crippen LogP contribution in [0, 0.1) is 11.6 Å². The van der Waals surface area contributed by atoms with Gasteiger partial charge in [0.15, 0.2) is 11.6 Å². The van der Waals surface area contributed by atoms with Gasteiger partial charge in [0.2, 0.25) is 5.91 Å². The van der Waals surface area contributed by atoms with E-state index in [0.29, 0.717) is 5.75 Å². The number of hydrogen-bond acceptors (Lipinski definition) is 4. The Morgan fingerprint density at radius 1 is 0.967 bits per heavy atom. The quantitative estimate of drug-likeness (QED) is 0.616. The molecule has 30 heavy (non-hydrogen) atoms. The maximum absolute atomic E-state index is 13.4. The summed E-state index contributed by atoms with van der Waals surface area (Å²) in [6.07, 6.45) is 0. The van der Waals surface area contributed by atoms with Gasteiger partial charge in [0.05, 0.1) is 17.7 Å². The Kier molecular flexibility index (Phi) is 6.31. The molecule has 1 amide bonds. The van der Waals surface area contributed by atoms with E-state index in [-0.39, 0.29) is 16.3 Å². The van der Waals surface area contributed by atoms with Crippen LogP contribution < -0.4 is 14.4 Å². The van der Waals surface area contributed by atoms with E-state index in [9.17, 15) is 22.0 Å². The molecule has 3 aromatic rings. The smallest absolute Gasteiger partial charge is 0.264 e. The summed E-state index contributed by atoms with van der Waals surface area (Å²) in [5, 5.41) is 2.38. The predicted molar refractivity (Wildman–Crippen MR) is 109 cm³/mol. The van der Waals surface area contributed by atoms with E-state index in [1.165, 1.54) is 37.4 Å². The van der Waals surface area contributed by atoms with Crippen LogP contribution in [-0.2, 0) is 14.8 Å². The molecule has 0 unspecified atom stereocenters. The normalized spacial score (nSPS) is 11.0. The van der Waals surface area contributed by atoms with E-state index >= 15 is 0 Å². The Labute approximate surface area is 172 Å². The topological polar surface area (TPSA) is 75.7 Å². The average molecular weight is 432 g/mol. The molecule has 3 aromatic carbocycles. The molecule has 0 saturated carbocycles. The van der Waals surface area contributed by atoms with Gasteiger partial charge in [-0.15, -0.1) is 0 Å². The van der Waals surface area contributed by atoms with Crippen LogP contribution in [-0.4, -0.2) is 28.0 Å². The predicted octanol–water partition coefficient (Wildman–Crippen LogP) is 3.81. The molecule has 3 rings (SSSR count). The van der Waals surface area contributed by atoms with Crippen LogP contribution in [0.4, 0.5) is 20.2 Å². The number of methoxy groups -OCH3 is 1. The van der Waals surface area contributed by atoms with Crippen LogP contribution in [0.5, 0.6) is 5.75 Å². The molecule has 0 aromatic heterocycles. The summed E-state index contributed by atoms with van der Waals surface area (Å²) < 4.78 is 58.9. The number of carbonyl (C=O) groups excluding carboxylic acids is 1. The van der Waals surface area contributed by atoms with Crippen molar-refractivity contribution in [3.8, 4) is 5.75 Å². The van der Waals surface area contributed by atoms with Gasteiger partial charge >= 0.3 is 0 Å². The second-order valence-corrected chi connectivity index (χ2v) is 8.06. The number of nitrogens with zero attached hydrogens (tertiary/aromatic N) is 1. The first kappa shape index (κ1) is 21.3. The van der Waals surface area contributed by atoms with Crippen LogP contribution in [0.25, 0.3) is 0 Å². The summed E-state index contributed by atoms with van der Waals surface area (Å²) in [6.45, 7) is -0.572. The zero-order valence-electron chi connectivity index (χ0n) is 15.9. The molecule has 0 aliphatic carbocycles. The van der Waals surface area contributed by atoms with Gasteiger partial charge in [-0.2, -0.15) is 0 Å². The van der Waals surface area contributed by atoms with E-state index in [1.807, 2.05) is 0 Å². The number of ether oxygens (including phenoxy) is 1. The first-order valence-electron chi connectivity index (χ1n) is 8.78. The fraction of sp³-hybridized carbons (Fsp3) is 0.0952. The molecule has 0 aliphatic rings. The summed E-state index contributed by atoms with van der Waals surface area (Å²) in [5.74, 6) is -2.42. The lowest BCUT2D eigenvalue weighted by Crippen LogP contribution is -2.38. The Balaban J connectivity index is 1.90. The van der Waals surface area contributed by atoms with Gasteiger partial charge in [-0.1, -0.05) is 18.2 Å². The monoisotopic (exact) mass is 432 g/mol. The number of nitrogens with one attached hydrogen (secondary N) is 1. The molecule has 0 atom stereocenters. The van der Waals surface area contributed by atoms with Crippen molar-refractivity contribution in [2.45, 2.75) is 4.90 Å². The number of sulfonamides is 1. The zero-order valence-corrected chi connectivity index (χ0v) is 16.7. The third-order valence-corrected chi connectivity index (χ3v) is 5.97. The standard InChI is InChI=1S/C21H18F2N2O4S/c1-29-17-8-10-18(11-9-17)30(27,28)25(16-5-3-2-4-6-16)14-21(26)24-15-7-12-19(22)20(23)13-15/h2-13H,14H2,1H3,(H,24,26). The molecule has 0 aliphatic heterocycles. The summed E-state index contributed by atoms with van der Waals surface area (Å²) in [4.78, 5) is 12.5. The van der Waals surface area contributed by atoms with Gasteiger partial charge in [0.1, 0.15) is 12.3 Å². The molecule has 6 nitrogen and oxygen atoms in total. The highest BCUT2D eigenvalue weighted by Gasteiger charge is 2.27. The van der Waals surface area contributed by atoms with Crippen molar-refractivity contribution >= 4 is 27.3 Å². The number of halogens is 2. The minimum atomic E-state index is -4.10. The molecule has 0 heterocycles. The number of amides is 1. The summed E-state index contributed by atoms with van der Waals surface area (Å²) >= 11 is 0. The summed E-state index contributed by atoms with van der Waals surface area (Å²) in [5.41, 5.74) is 0.280. The van der Waals surface area contributed by atoms with E-state index in [4.69, 9.17) is 4.74 Å². The van der Waals surface area contributed by atoms with E-state index in [0.717, 1.165) is 16.4 Å². The molecule has 0 bridgehead atoms. The van der Waals surface area contributed by atoms with Gasteiger partial charge in [0.25, 0.3) is 10.0 Å². The number of benzene rings is 3. The van der Waals surface area contributed by atoms with Crippen LogP contribution in [0.3, 0.4) is 0 Å². The fourth-order valence-corrected chi connectivity index (χ4v) is 4.11. The average Bonchev–Trinajstić information content (AvgIpc) is 2.75. The van der Waals surface area contributed by atoms with Gasteiger partial charge in [-0.3, -0.25) is 9.10 Å². The van der Waals surface area contributed by atoms with Crippen LogP contribution >= 0.6 is 0 Å². The fourth-order valence-electron chi connectivity index (χ4n) is 2.69. The molecule has 0 spiro atoms. The molecule has 9 heteroatoms. The number of carbonyl (C=O) groups is 1. The number of hydrogen-bond donors (Lipinski definition) is 1. The Morgan fingerprint density at radius 2 is 1.63 bits per heavy atom. The number of rotatable bonds is 7. The summed E-state index contributed by atoms with van der Waals surface area (Å²) in [7, 11) is -2.64. The Morgan fingerprint density at radius 3 is 2.23 bits per heavy atom. The molecular weight excluding hydrogens is 414 g/mol. The van der Waals surface area contributed by atoms with Crippen molar-refractivity contribution in [2.24, 2.45) is 0 Å². The molecule has 0 saturated heterocycles. The van der Waals surface area contributed by atoms with Gasteiger partial charge in [-0.05, 0) is 48.5 Å². The van der Waals surface area contributed by atoms with Crippen molar-refractivity contribution in [3.05, 3.63) is 84.4 Å². The lowest BCUT2D eigenvalue weighted by Gasteiger charge is -2.24. The minimum Gasteiger partial charge on any atom is -0.497 e. The molecular formula is C21H18F2N2O4S. The van der Waals surface area contributed by atoms with Crippen molar-refractivity contribution in [1.82, 2.24) is 0 Å². The van der Waals surface area contributed by atoms with E-state index in [2.05, 4.69) is 5.32 Å². The zero-order chi connectivity index (χ0) is 21.7. The molecule has 0 radical (unpaired) electrons. The molecule has 156 valence electrons. The molecule has 1 N–H and O–H groups in total. The van der Waals surface area contributed by atoms with Crippen molar-refractivity contribution in [1.29, 1.82) is 0 Å². The Bertz CT molecular complexity index is 1140. The lowest BCUT2D eigenvalue weighted by molar-refractivity contribution is -0.114. The van der Waals surface area contributed by atoms with Gasteiger partial charge in [0, 0.05) is 11.8 Å². The number of para-hydroxylation sites is 1. The minimum absolute atomic E-state index is 0.00811. The number of anilines is 2. The highest BCUT2D eigenvalue weighted by atomic mass is 32.2. The van der Waals surface area contributed by atoms with Crippen molar-refractivity contribution < 1.29 is 26.7 Å². The third kappa shape index (κ3) is 4.74. The SMILES string of the molecule is COc1ccc(S(=O)(=O)N(CC(=O)Nc2ccc(F)c(F)c2)c2ccccc2)cc1. The lowest BCUT2D eigenvalue weighted by atomic mass is 10.3. The first-order valence-corrected chi connectivity index (χ1v) is 10.2. The van der Waals surface area contributed by atoms with Crippen molar-refractivity contribution in [3.63, 3.8) is 0 Å². The molecule has 0 fully saturated rings. The second-order valence-electron chi connectivity index (χ2n) is 6.20. The third-order valence-electron chi connectivity index (χ3n) is 4.18. The largest absolute Gasteiger partial charge is 0.497 e. The maximum Gasteiger partial charge on any atom is 0.264 e. The highest BCUT2D eigenvalue weighted by Crippen LogP contribution is 2.25. The highest BCUT2D eigenvalue weighted by molar-refractivity contribution is 7.92. The first-order chi connectivity index (χ1) is 14.3. The Hall–Kier alpha value is -3.46. The van der Waals surface area contributed by atoms with Gasteiger partial charge in [-0.25, -0.2) is 17.2 Å². The summed E-state index contributed by atoms with van der Waals surface area (Å²) in [6, 6.07) is 16.7. The van der Waals surface area contributed by atoms with Crippen LogP contribution in [0.2, 0.25) is 0 Å². The van der Waals surface area contributed by atoms with Crippen molar-refractivity contribution in [2.75, 3.05) is 23.3 Å². The van der Waals surface area contributed by atoms with Gasteiger partial charge < -0.3 is 10.1 Å². The van der Waals surface area contributed by atoms with Crippen LogP contribution in [0.15, 0.2) is 77.7 Å².